The zero-order chi connectivity index (χ0) is 33.2. The maximum Gasteiger partial charge on any atom is 0.481 e. The van der Waals surface area contributed by atoms with Crippen molar-refractivity contribution >= 4 is 41.5 Å². The molecular weight excluding hydrogens is 589 g/mol. The minimum atomic E-state index is -0.935. The predicted molar refractivity (Wildman–Crippen MR) is 177 cm³/mol. The summed E-state index contributed by atoms with van der Waals surface area (Å²) in [6.45, 7) is 11.0. The maximum atomic E-state index is 13.9. The molecule has 1 aliphatic heterocycles. The summed E-state index contributed by atoms with van der Waals surface area (Å²) in [6.07, 6.45) is 3.20. The molecule has 14 heteroatoms. The number of amides is 3. The van der Waals surface area contributed by atoms with E-state index in [0.29, 0.717) is 30.4 Å². The number of hydrogen-bond acceptors (Lipinski definition) is 7. The fourth-order valence-corrected chi connectivity index (χ4v) is 7.64. The quantitative estimate of drug-likeness (QED) is 0.0579. The van der Waals surface area contributed by atoms with Gasteiger partial charge in [-0.25, -0.2) is 19.9 Å². The molecule has 1 saturated heterocycles. The molecule has 0 radical (unpaired) electrons. The van der Waals surface area contributed by atoms with Gasteiger partial charge in [0.2, 0.25) is 5.91 Å². The fourth-order valence-electron chi connectivity index (χ4n) is 7.64. The number of nitrogens with two attached hydrogens (primary N) is 1. The summed E-state index contributed by atoms with van der Waals surface area (Å²) in [7, 11) is -0.612. The van der Waals surface area contributed by atoms with Crippen molar-refractivity contribution in [2.24, 2.45) is 33.9 Å². The molecule has 0 spiro atoms. The van der Waals surface area contributed by atoms with Gasteiger partial charge in [0, 0.05) is 11.9 Å². The Morgan fingerprint density at radius 1 is 1.13 bits per heavy atom. The molecule has 6 N–H and O–H groups in total. The van der Waals surface area contributed by atoms with Crippen LogP contribution < -0.4 is 27.1 Å². The SMILES string of the molecule is CC(C)C[C@H](NC(=O)[C@H](CCCN=C(N)N[N+](=O)[O-])NC(=O)Nc1cccc2ccccc12)B1O[C@@H]2C[C@@H]3C[C@@H](C3(C)C)[C@]2(C)O1. The van der Waals surface area contributed by atoms with Gasteiger partial charge in [-0.1, -0.05) is 69.5 Å². The number of urea groups is 1. The summed E-state index contributed by atoms with van der Waals surface area (Å²) in [5.74, 6) is 0.0765. The molecule has 3 saturated carbocycles. The van der Waals surface area contributed by atoms with Crippen molar-refractivity contribution in [3.05, 3.63) is 52.6 Å². The van der Waals surface area contributed by atoms with Crippen molar-refractivity contribution in [3.8, 4) is 0 Å². The highest BCUT2D eigenvalue weighted by atomic mass is 16.7. The number of hydrogen-bond donors (Lipinski definition) is 5. The Morgan fingerprint density at radius 3 is 2.59 bits per heavy atom. The summed E-state index contributed by atoms with van der Waals surface area (Å²) >= 11 is 0. The van der Waals surface area contributed by atoms with Gasteiger partial charge in [0.25, 0.3) is 5.96 Å². The van der Waals surface area contributed by atoms with Crippen LogP contribution in [-0.2, 0) is 14.1 Å². The fraction of sp³-hybridized carbons (Fsp3) is 0.594. The molecule has 1 heterocycles. The van der Waals surface area contributed by atoms with Crippen LogP contribution in [0.1, 0.15) is 66.7 Å². The number of nitrogens with one attached hydrogen (secondary N) is 4. The van der Waals surface area contributed by atoms with Crippen molar-refractivity contribution in [1.82, 2.24) is 16.1 Å². The number of guanidine groups is 1. The lowest BCUT2D eigenvalue weighted by molar-refractivity contribution is -0.525. The van der Waals surface area contributed by atoms with E-state index >= 15 is 0 Å². The molecule has 46 heavy (non-hydrogen) atoms. The number of aliphatic imine (C=N–C) groups is 1. The van der Waals surface area contributed by atoms with Gasteiger partial charge in [-0.3, -0.25) is 4.79 Å². The topological polar surface area (TPSA) is 182 Å². The Morgan fingerprint density at radius 2 is 1.87 bits per heavy atom. The first-order chi connectivity index (χ1) is 21.8. The second-order valence-electron chi connectivity index (χ2n) is 14.0. The summed E-state index contributed by atoms with van der Waals surface area (Å²) in [6, 6.07) is 11.8. The second-order valence-corrected chi connectivity index (χ2v) is 14.0. The van der Waals surface area contributed by atoms with Crippen LogP contribution in [0.15, 0.2) is 47.5 Å². The molecule has 6 rings (SSSR count). The van der Waals surface area contributed by atoms with Crippen LogP contribution in [0.3, 0.4) is 0 Å². The van der Waals surface area contributed by atoms with E-state index in [2.05, 4.69) is 55.6 Å². The average Bonchev–Trinajstić information content (AvgIpc) is 3.35. The van der Waals surface area contributed by atoms with Gasteiger partial charge >= 0.3 is 13.1 Å². The maximum absolute atomic E-state index is 13.9. The van der Waals surface area contributed by atoms with Crippen molar-refractivity contribution in [3.63, 3.8) is 0 Å². The molecule has 2 aromatic carbocycles. The molecule has 2 aromatic rings. The third-order valence-corrected chi connectivity index (χ3v) is 10.1. The van der Waals surface area contributed by atoms with Crippen LogP contribution >= 0.6 is 0 Å². The monoisotopic (exact) mass is 635 g/mol. The van der Waals surface area contributed by atoms with Crippen molar-refractivity contribution in [2.75, 3.05) is 11.9 Å². The van der Waals surface area contributed by atoms with Crippen LogP contribution in [0, 0.1) is 33.3 Å². The van der Waals surface area contributed by atoms with Crippen LogP contribution in [0.5, 0.6) is 0 Å². The summed E-state index contributed by atoms with van der Waals surface area (Å²) in [5, 5.41) is 20.6. The third-order valence-electron chi connectivity index (χ3n) is 10.1. The summed E-state index contributed by atoms with van der Waals surface area (Å²) in [5.41, 5.74) is 7.73. The van der Waals surface area contributed by atoms with Crippen molar-refractivity contribution in [2.45, 2.75) is 90.4 Å². The Kier molecular flexibility index (Phi) is 9.78. The third kappa shape index (κ3) is 7.07. The largest absolute Gasteiger partial charge is 0.481 e. The van der Waals surface area contributed by atoms with E-state index in [9.17, 15) is 19.7 Å². The van der Waals surface area contributed by atoms with Crippen molar-refractivity contribution < 1.29 is 23.9 Å². The van der Waals surface area contributed by atoms with Crippen LogP contribution in [0.2, 0.25) is 0 Å². The molecule has 0 unspecified atom stereocenters. The summed E-state index contributed by atoms with van der Waals surface area (Å²) in [4.78, 5) is 41.8. The van der Waals surface area contributed by atoms with E-state index in [1.54, 1.807) is 11.5 Å². The van der Waals surface area contributed by atoms with E-state index in [-0.39, 0.29) is 42.3 Å². The molecule has 6 atom stereocenters. The minimum absolute atomic E-state index is 0.0303. The van der Waals surface area contributed by atoms with E-state index in [1.165, 1.54) is 0 Å². The molecule has 3 aliphatic carbocycles. The highest BCUT2D eigenvalue weighted by molar-refractivity contribution is 6.48. The average molecular weight is 636 g/mol. The zero-order valence-electron chi connectivity index (χ0n) is 27.2. The first-order valence-corrected chi connectivity index (χ1v) is 16.2. The van der Waals surface area contributed by atoms with E-state index in [4.69, 9.17) is 15.0 Å². The molecule has 4 aliphatic rings. The Bertz CT molecular complexity index is 1480. The number of carbonyl (C=O) groups is 2. The lowest BCUT2D eigenvalue weighted by atomic mass is 9.43. The summed E-state index contributed by atoms with van der Waals surface area (Å²) < 4.78 is 13.2. The van der Waals surface area contributed by atoms with E-state index in [1.807, 2.05) is 36.4 Å². The Hall–Kier alpha value is -3.91. The first-order valence-electron chi connectivity index (χ1n) is 16.2. The molecule has 3 amide bonds. The van der Waals surface area contributed by atoms with E-state index < -0.39 is 35.8 Å². The van der Waals surface area contributed by atoms with Gasteiger partial charge in [0.15, 0.2) is 5.03 Å². The van der Waals surface area contributed by atoms with Crippen LogP contribution in [0.25, 0.3) is 10.8 Å². The normalized spacial score (nSPS) is 26.1. The van der Waals surface area contributed by atoms with Crippen LogP contribution in [-0.4, -0.2) is 60.3 Å². The smallest absolute Gasteiger partial charge is 0.404 e. The number of nitrogens with zero attached hydrogens (tertiary/aromatic N) is 2. The van der Waals surface area contributed by atoms with Gasteiger partial charge in [-0.15, -0.1) is 0 Å². The molecule has 0 aromatic heterocycles. The molecule has 4 fully saturated rings. The predicted octanol–water partition coefficient (Wildman–Crippen LogP) is 4.00. The number of fused-ring (bicyclic) bond motifs is 1. The van der Waals surface area contributed by atoms with Crippen molar-refractivity contribution in [1.29, 1.82) is 0 Å². The molecular formula is C32H46BN7O6. The molecule has 2 bridgehead atoms. The lowest BCUT2D eigenvalue weighted by Crippen LogP contribution is -2.65. The van der Waals surface area contributed by atoms with Gasteiger partial charge in [0.05, 0.1) is 23.3 Å². The van der Waals surface area contributed by atoms with Gasteiger partial charge in [-0.2, -0.15) is 0 Å². The number of anilines is 1. The second kappa shape index (κ2) is 13.4. The number of rotatable bonds is 12. The van der Waals surface area contributed by atoms with E-state index in [0.717, 1.165) is 23.6 Å². The number of nitro groups is 1. The van der Waals surface area contributed by atoms with Crippen LogP contribution in [0.4, 0.5) is 10.5 Å². The molecule has 13 nitrogen and oxygen atoms in total. The molecule has 248 valence electrons. The Balaban J connectivity index is 1.30. The van der Waals surface area contributed by atoms with Gasteiger partial charge < -0.3 is 31.0 Å². The highest BCUT2D eigenvalue weighted by Crippen LogP contribution is 2.65. The minimum Gasteiger partial charge on any atom is -0.404 e. The standard InChI is InChI=1S/C32H46BN7O6/c1-19(2)16-27(33-45-26-18-21-17-25(31(21,3)4)32(26,5)46-33)38-28(41)24(14-9-15-35-29(34)39-40(43)44)37-30(42)36-23-13-8-11-20-10-6-7-12-22(20)23/h6-8,10-13,19,21,24-27H,9,14-18H2,1-5H3,(H,38,41)(H3,34,35,39)(H2,36,37,42)/t21-,24-,25-,26+,27-,32-/m0/s1. The Labute approximate surface area is 270 Å². The van der Waals surface area contributed by atoms with Gasteiger partial charge in [0.1, 0.15) is 6.04 Å². The number of hydrazine groups is 1. The number of benzene rings is 2. The lowest BCUT2D eigenvalue weighted by Gasteiger charge is -2.64. The van der Waals surface area contributed by atoms with Gasteiger partial charge in [-0.05, 0) is 73.6 Å². The number of carbonyl (C=O) groups excluding carboxylic acids is 2. The highest BCUT2D eigenvalue weighted by Gasteiger charge is 2.68. The first kappa shape index (κ1) is 33.5. The zero-order valence-corrected chi connectivity index (χ0v) is 27.2.